The molecule has 4 heteroatoms. The Labute approximate surface area is 94.3 Å². The van der Waals surface area contributed by atoms with E-state index in [1.54, 1.807) is 29.3 Å². The fraction of sp³-hybridized carbons (Fsp3) is 0.417. The van der Waals surface area contributed by atoms with Gasteiger partial charge in [-0.2, -0.15) is 0 Å². The maximum Gasteiger partial charge on any atom is 0.230 e. The molecule has 0 N–H and O–H groups in total. The Bertz CT molecular complexity index is 383. The SMILES string of the molecule is O=C(CC(=O)N1CCCC1)c1ccccn1. The van der Waals surface area contributed by atoms with E-state index < -0.39 is 0 Å². The number of carbonyl (C=O) groups is 2. The zero-order valence-electron chi connectivity index (χ0n) is 9.06. The van der Waals surface area contributed by atoms with Gasteiger partial charge in [-0.1, -0.05) is 6.07 Å². The van der Waals surface area contributed by atoms with Gasteiger partial charge in [0.05, 0.1) is 6.42 Å². The smallest absolute Gasteiger partial charge is 0.230 e. The number of hydrogen-bond donors (Lipinski definition) is 0. The summed E-state index contributed by atoms with van der Waals surface area (Å²) >= 11 is 0. The lowest BCUT2D eigenvalue weighted by molar-refractivity contribution is -0.129. The highest BCUT2D eigenvalue weighted by Gasteiger charge is 2.21. The molecule has 1 aromatic rings. The van der Waals surface area contributed by atoms with Crippen molar-refractivity contribution >= 4 is 11.7 Å². The predicted octanol–water partition coefficient (Wildman–Crippen LogP) is 1.28. The minimum atomic E-state index is -0.197. The molecule has 1 amide bonds. The number of likely N-dealkylation sites (tertiary alicyclic amines) is 1. The van der Waals surface area contributed by atoms with Crippen molar-refractivity contribution in [3.8, 4) is 0 Å². The first-order valence-corrected chi connectivity index (χ1v) is 5.49. The van der Waals surface area contributed by atoms with Crippen LogP contribution in [0.3, 0.4) is 0 Å². The predicted molar refractivity (Wildman–Crippen MR) is 59.0 cm³/mol. The molecule has 1 aliphatic heterocycles. The van der Waals surface area contributed by atoms with Crippen LogP contribution in [-0.4, -0.2) is 34.7 Å². The van der Waals surface area contributed by atoms with E-state index in [-0.39, 0.29) is 18.1 Å². The van der Waals surface area contributed by atoms with Gasteiger partial charge in [-0.3, -0.25) is 14.6 Å². The summed E-state index contributed by atoms with van der Waals surface area (Å²) in [5.74, 6) is -0.273. The standard InChI is InChI=1S/C12H14N2O2/c15-11(10-5-1-2-6-13-10)9-12(16)14-7-3-4-8-14/h1-2,5-6H,3-4,7-9H2. The van der Waals surface area contributed by atoms with Gasteiger partial charge in [0.25, 0.3) is 0 Å². The lowest BCUT2D eigenvalue weighted by Gasteiger charge is -2.14. The molecule has 0 radical (unpaired) electrons. The monoisotopic (exact) mass is 218 g/mol. The van der Waals surface area contributed by atoms with E-state index in [1.807, 2.05) is 0 Å². The number of hydrogen-bond acceptors (Lipinski definition) is 3. The van der Waals surface area contributed by atoms with Crippen LogP contribution in [0.1, 0.15) is 29.8 Å². The van der Waals surface area contributed by atoms with Crippen LogP contribution >= 0.6 is 0 Å². The average Bonchev–Trinajstić information content (AvgIpc) is 2.83. The zero-order chi connectivity index (χ0) is 11.4. The van der Waals surface area contributed by atoms with Gasteiger partial charge >= 0.3 is 0 Å². The van der Waals surface area contributed by atoms with Gasteiger partial charge in [0.2, 0.25) is 5.91 Å². The molecule has 84 valence electrons. The summed E-state index contributed by atoms with van der Waals surface area (Å²) in [5, 5.41) is 0. The highest BCUT2D eigenvalue weighted by atomic mass is 16.2. The molecule has 1 aromatic heterocycles. The van der Waals surface area contributed by atoms with E-state index in [2.05, 4.69) is 4.98 Å². The summed E-state index contributed by atoms with van der Waals surface area (Å²) < 4.78 is 0. The Balaban J connectivity index is 1.94. The second-order valence-corrected chi connectivity index (χ2v) is 3.90. The van der Waals surface area contributed by atoms with Crippen LogP contribution in [0.4, 0.5) is 0 Å². The van der Waals surface area contributed by atoms with E-state index in [9.17, 15) is 9.59 Å². The Morgan fingerprint density at radius 1 is 1.25 bits per heavy atom. The number of Topliss-reactive ketones (excluding diaryl/α,β-unsaturated/α-hetero) is 1. The van der Waals surface area contributed by atoms with E-state index in [0.717, 1.165) is 25.9 Å². The lowest BCUT2D eigenvalue weighted by Crippen LogP contribution is -2.29. The van der Waals surface area contributed by atoms with Crippen molar-refractivity contribution in [2.24, 2.45) is 0 Å². The number of aromatic nitrogens is 1. The van der Waals surface area contributed by atoms with Crippen LogP contribution in [0.2, 0.25) is 0 Å². The van der Waals surface area contributed by atoms with E-state index in [1.165, 1.54) is 0 Å². The summed E-state index contributed by atoms with van der Waals surface area (Å²) in [6.07, 6.45) is 3.59. The number of carbonyl (C=O) groups excluding carboxylic acids is 2. The summed E-state index contributed by atoms with van der Waals surface area (Å²) in [6.45, 7) is 1.57. The average molecular weight is 218 g/mol. The Morgan fingerprint density at radius 3 is 2.62 bits per heavy atom. The van der Waals surface area contributed by atoms with E-state index in [4.69, 9.17) is 0 Å². The Hall–Kier alpha value is -1.71. The first-order chi connectivity index (χ1) is 7.77. The number of amides is 1. The van der Waals surface area contributed by atoms with Crippen LogP contribution in [0.5, 0.6) is 0 Å². The van der Waals surface area contributed by atoms with Crippen molar-refractivity contribution in [2.45, 2.75) is 19.3 Å². The minimum Gasteiger partial charge on any atom is -0.342 e. The first kappa shape index (κ1) is 10.8. The molecule has 0 atom stereocenters. The number of rotatable bonds is 3. The maximum atomic E-state index is 11.7. The van der Waals surface area contributed by atoms with Crippen LogP contribution in [0.15, 0.2) is 24.4 Å². The minimum absolute atomic E-state index is 0.0585. The maximum absolute atomic E-state index is 11.7. The van der Waals surface area contributed by atoms with E-state index in [0.29, 0.717) is 5.69 Å². The van der Waals surface area contributed by atoms with Crippen molar-refractivity contribution in [3.05, 3.63) is 30.1 Å². The number of ketones is 1. The van der Waals surface area contributed by atoms with Crippen LogP contribution < -0.4 is 0 Å². The molecular weight excluding hydrogens is 204 g/mol. The molecule has 0 bridgehead atoms. The summed E-state index contributed by atoms with van der Waals surface area (Å²) in [6, 6.07) is 5.14. The van der Waals surface area contributed by atoms with Crippen LogP contribution in [0.25, 0.3) is 0 Å². The number of pyridine rings is 1. The summed E-state index contributed by atoms with van der Waals surface area (Å²) in [7, 11) is 0. The second kappa shape index (κ2) is 4.88. The van der Waals surface area contributed by atoms with Crippen molar-refractivity contribution < 1.29 is 9.59 Å². The molecule has 2 heterocycles. The molecule has 0 saturated carbocycles. The van der Waals surface area contributed by atoms with E-state index >= 15 is 0 Å². The van der Waals surface area contributed by atoms with Gasteiger partial charge in [-0.25, -0.2) is 0 Å². The highest BCUT2D eigenvalue weighted by Crippen LogP contribution is 2.10. The summed E-state index contributed by atoms with van der Waals surface area (Å²) in [5.41, 5.74) is 0.370. The van der Waals surface area contributed by atoms with Crippen molar-refractivity contribution in [2.75, 3.05) is 13.1 Å². The topological polar surface area (TPSA) is 50.3 Å². The number of nitrogens with zero attached hydrogens (tertiary/aromatic N) is 2. The molecule has 0 aromatic carbocycles. The van der Waals surface area contributed by atoms with Gasteiger partial charge in [0.15, 0.2) is 5.78 Å². The van der Waals surface area contributed by atoms with Gasteiger partial charge in [-0.15, -0.1) is 0 Å². The normalized spacial score (nSPS) is 15.1. The fourth-order valence-electron chi connectivity index (χ4n) is 1.83. The lowest BCUT2D eigenvalue weighted by atomic mass is 10.2. The molecule has 0 aliphatic carbocycles. The van der Waals surface area contributed by atoms with Gasteiger partial charge in [0, 0.05) is 19.3 Å². The van der Waals surface area contributed by atoms with Crippen molar-refractivity contribution in [1.29, 1.82) is 0 Å². The van der Waals surface area contributed by atoms with Crippen molar-refractivity contribution in [1.82, 2.24) is 9.88 Å². The van der Waals surface area contributed by atoms with Gasteiger partial charge in [-0.05, 0) is 25.0 Å². The Kier molecular flexibility index (Phi) is 3.29. The molecule has 16 heavy (non-hydrogen) atoms. The second-order valence-electron chi connectivity index (χ2n) is 3.90. The quantitative estimate of drug-likeness (QED) is 0.567. The third-order valence-corrected chi connectivity index (χ3v) is 2.72. The largest absolute Gasteiger partial charge is 0.342 e. The third kappa shape index (κ3) is 2.45. The molecule has 2 rings (SSSR count). The fourth-order valence-corrected chi connectivity index (χ4v) is 1.83. The first-order valence-electron chi connectivity index (χ1n) is 5.49. The molecule has 0 spiro atoms. The van der Waals surface area contributed by atoms with Crippen LogP contribution in [0, 0.1) is 0 Å². The molecule has 4 nitrogen and oxygen atoms in total. The van der Waals surface area contributed by atoms with Gasteiger partial charge < -0.3 is 4.90 Å². The molecule has 1 aliphatic rings. The Morgan fingerprint density at radius 2 is 2.00 bits per heavy atom. The molecule has 1 fully saturated rings. The van der Waals surface area contributed by atoms with Crippen LogP contribution in [-0.2, 0) is 4.79 Å². The zero-order valence-corrected chi connectivity index (χ0v) is 9.06. The third-order valence-electron chi connectivity index (χ3n) is 2.72. The molecular formula is C12H14N2O2. The molecule has 1 saturated heterocycles. The van der Waals surface area contributed by atoms with Gasteiger partial charge in [0.1, 0.15) is 5.69 Å². The molecule has 0 unspecified atom stereocenters. The summed E-state index contributed by atoms with van der Waals surface area (Å²) in [4.78, 5) is 29.1. The highest BCUT2D eigenvalue weighted by molar-refractivity contribution is 6.06. The van der Waals surface area contributed by atoms with Crippen molar-refractivity contribution in [3.63, 3.8) is 0 Å².